The zero-order valence-corrected chi connectivity index (χ0v) is 5.68. The summed E-state index contributed by atoms with van der Waals surface area (Å²) in [6.45, 7) is 5.84. The van der Waals surface area contributed by atoms with E-state index in [0.717, 1.165) is 0 Å². The van der Waals surface area contributed by atoms with E-state index in [4.69, 9.17) is 10.9 Å². The second-order valence-corrected chi connectivity index (χ2v) is 2.28. The van der Waals surface area contributed by atoms with E-state index in [1.807, 2.05) is 6.92 Å². The fourth-order valence-electron chi connectivity index (χ4n) is 0.387. The molecule has 0 aliphatic carbocycles. The molecular formula is C5H14N2O. The van der Waals surface area contributed by atoms with Gasteiger partial charge >= 0.3 is 0 Å². The van der Waals surface area contributed by atoms with Crippen molar-refractivity contribution in [2.45, 2.75) is 26.5 Å². The zero-order chi connectivity index (χ0) is 6.78. The highest BCUT2D eigenvalue weighted by atomic mass is 16.3. The van der Waals surface area contributed by atoms with Crippen LogP contribution in [0.3, 0.4) is 0 Å². The first-order chi connectivity index (χ1) is 3.48. The van der Waals surface area contributed by atoms with Crippen LogP contribution in [0.15, 0.2) is 0 Å². The second-order valence-electron chi connectivity index (χ2n) is 2.28. The summed E-state index contributed by atoms with van der Waals surface area (Å²) in [6, 6.07) is 0. The summed E-state index contributed by atoms with van der Waals surface area (Å²) in [4.78, 5) is 0. The van der Waals surface area contributed by atoms with Gasteiger partial charge in [0.2, 0.25) is 0 Å². The fourth-order valence-corrected chi connectivity index (χ4v) is 0.387. The third-order valence-electron chi connectivity index (χ3n) is 1.04. The molecule has 0 saturated heterocycles. The number of nitrogens with zero attached hydrogens (tertiary/aromatic N) is 1. The van der Waals surface area contributed by atoms with Crippen LogP contribution in [-0.4, -0.2) is 22.4 Å². The monoisotopic (exact) mass is 118 g/mol. The van der Waals surface area contributed by atoms with Crippen molar-refractivity contribution in [1.82, 2.24) is 5.01 Å². The van der Waals surface area contributed by atoms with Gasteiger partial charge in [-0.05, 0) is 13.8 Å². The Bertz CT molecular complexity index is 67.3. The minimum atomic E-state index is -0.880. The van der Waals surface area contributed by atoms with E-state index < -0.39 is 5.72 Å². The molecule has 0 aromatic heterocycles. The van der Waals surface area contributed by atoms with Crippen molar-refractivity contribution in [2.24, 2.45) is 5.84 Å². The summed E-state index contributed by atoms with van der Waals surface area (Å²) < 4.78 is 0. The zero-order valence-electron chi connectivity index (χ0n) is 5.68. The number of hydrogen-bond acceptors (Lipinski definition) is 3. The first kappa shape index (κ1) is 7.88. The SMILES string of the molecule is CCN(N)C(C)(C)O. The van der Waals surface area contributed by atoms with Gasteiger partial charge in [0.05, 0.1) is 0 Å². The van der Waals surface area contributed by atoms with Crippen molar-refractivity contribution in [3.63, 3.8) is 0 Å². The fraction of sp³-hybridized carbons (Fsp3) is 1.00. The molecule has 0 aliphatic rings. The summed E-state index contributed by atoms with van der Waals surface area (Å²) >= 11 is 0. The number of aliphatic hydroxyl groups is 1. The van der Waals surface area contributed by atoms with Gasteiger partial charge in [-0.2, -0.15) is 0 Å². The molecule has 0 fully saturated rings. The van der Waals surface area contributed by atoms with E-state index in [1.165, 1.54) is 5.01 Å². The van der Waals surface area contributed by atoms with Crippen molar-refractivity contribution in [2.75, 3.05) is 6.54 Å². The highest BCUT2D eigenvalue weighted by Gasteiger charge is 2.16. The van der Waals surface area contributed by atoms with E-state index in [2.05, 4.69) is 0 Å². The number of nitrogens with two attached hydrogens (primary N) is 1. The normalized spacial score (nSPS) is 12.8. The molecule has 0 saturated carbocycles. The standard InChI is InChI=1S/C5H14N2O/c1-4-7(6)5(2,3)8/h8H,4,6H2,1-3H3. The molecule has 0 heterocycles. The summed E-state index contributed by atoms with van der Waals surface area (Å²) in [5.74, 6) is 5.33. The minimum Gasteiger partial charge on any atom is -0.375 e. The predicted molar refractivity (Wildman–Crippen MR) is 32.9 cm³/mol. The van der Waals surface area contributed by atoms with Crippen LogP contribution in [0.5, 0.6) is 0 Å². The second kappa shape index (κ2) is 2.44. The molecule has 3 N–H and O–H groups in total. The van der Waals surface area contributed by atoms with Crippen LogP contribution in [-0.2, 0) is 0 Å². The van der Waals surface area contributed by atoms with E-state index in [9.17, 15) is 0 Å². The molecule has 0 unspecified atom stereocenters. The molecule has 0 bridgehead atoms. The molecule has 8 heavy (non-hydrogen) atoms. The lowest BCUT2D eigenvalue weighted by atomic mass is 10.3. The van der Waals surface area contributed by atoms with Crippen LogP contribution in [0.2, 0.25) is 0 Å². The first-order valence-electron chi connectivity index (χ1n) is 2.73. The van der Waals surface area contributed by atoms with Crippen LogP contribution >= 0.6 is 0 Å². The predicted octanol–water partition coefficient (Wildman–Crippen LogP) is -0.0896. The molecule has 3 heteroatoms. The molecule has 0 amide bonds. The topological polar surface area (TPSA) is 49.5 Å². The summed E-state index contributed by atoms with van der Waals surface area (Å²) in [6.07, 6.45) is 0. The molecule has 0 spiro atoms. The van der Waals surface area contributed by atoms with E-state index in [0.29, 0.717) is 6.54 Å². The van der Waals surface area contributed by atoms with Crippen LogP contribution < -0.4 is 5.84 Å². The molecule has 50 valence electrons. The van der Waals surface area contributed by atoms with Crippen molar-refractivity contribution in [3.8, 4) is 0 Å². The molecule has 3 nitrogen and oxygen atoms in total. The van der Waals surface area contributed by atoms with Gasteiger partial charge in [-0.1, -0.05) is 6.92 Å². The van der Waals surface area contributed by atoms with E-state index in [-0.39, 0.29) is 0 Å². The molecule has 0 aromatic rings. The highest BCUT2D eigenvalue weighted by molar-refractivity contribution is 4.59. The lowest BCUT2D eigenvalue weighted by Crippen LogP contribution is -2.48. The van der Waals surface area contributed by atoms with E-state index in [1.54, 1.807) is 13.8 Å². The smallest absolute Gasteiger partial charge is 0.124 e. The molecule has 0 aromatic carbocycles. The van der Waals surface area contributed by atoms with Gasteiger partial charge in [0.25, 0.3) is 0 Å². The average Bonchev–Trinajstić information content (AvgIpc) is 1.62. The van der Waals surface area contributed by atoms with Crippen molar-refractivity contribution in [1.29, 1.82) is 0 Å². The largest absolute Gasteiger partial charge is 0.375 e. The minimum absolute atomic E-state index is 0.656. The van der Waals surface area contributed by atoms with Gasteiger partial charge in [0.15, 0.2) is 0 Å². The number of hydrazine groups is 1. The third kappa shape index (κ3) is 2.26. The van der Waals surface area contributed by atoms with Gasteiger partial charge in [0.1, 0.15) is 5.72 Å². The number of hydrogen-bond donors (Lipinski definition) is 2. The van der Waals surface area contributed by atoms with Crippen molar-refractivity contribution in [3.05, 3.63) is 0 Å². The van der Waals surface area contributed by atoms with Gasteiger partial charge < -0.3 is 5.11 Å². The molecule has 0 rings (SSSR count). The van der Waals surface area contributed by atoms with Gasteiger partial charge in [-0.15, -0.1) is 0 Å². The molecule has 0 atom stereocenters. The third-order valence-corrected chi connectivity index (χ3v) is 1.04. The number of rotatable bonds is 2. The highest BCUT2D eigenvalue weighted by Crippen LogP contribution is 2.02. The molecular weight excluding hydrogens is 104 g/mol. The maximum Gasteiger partial charge on any atom is 0.124 e. The maximum absolute atomic E-state index is 9.09. The average molecular weight is 118 g/mol. The van der Waals surface area contributed by atoms with E-state index >= 15 is 0 Å². The molecule has 0 radical (unpaired) electrons. The Morgan fingerprint density at radius 1 is 1.62 bits per heavy atom. The van der Waals surface area contributed by atoms with Crippen LogP contribution in [0.1, 0.15) is 20.8 Å². The van der Waals surface area contributed by atoms with Crippen LogP contribution in [0.4, 0.5) is 0 Å². The first-order valence-corrected chi connectivity index (χ1v) is 2.73. The van der Waals surface area contributed by atoms with Crippen LogP contribution in [0.25, 0.3) is 0 Å². The Kier molecular flexibility index (Phi) is 2.40. The van der Waals surface area contributed by atoms with Crippen molar-refractivity contribution < 1.29 is 5.11 Å². The lowest BCUT2D eigenvalue weighted by molar-refractivity contribution is -0.0768. The Morgan fingerprint density at radius 2 is 2.00 bits per heavy atom. The summed E-state index contributed by atoms with van der Waals surface area (Å²) in [7, 11) is 0. The Balaban J connectivity index is 3.62. The van der Waals surface area contributed by atoms with Gasteiger partial charge in [0, 0.05) is 6.54 Å². The maximum atomic E-state index is 9.09. The quantitative estimate of drug-likeness (QED) is 0.303. The summed E-state index contributed by atoms with van der Waals surface area (Å²) in [5, 5.41) is 10.5. The molecule has 0 aliphatic heterocycles. The van der Waals surface area contributed by atoms with Crippen LogP contribution in [0, 0.1) is 0 Å². The lowest BCUT2D eigenvalue weighted by Gasteiger charge is -2.27. The van der Waals surface area contributed by atoms with Crippen molar-refractivity contribution >= 4 is 0 Å². The Hall–Kier alpha value is -0.120. The van der Waals surface area contributed by atoms with Gasteiger partial charge in [-0.3, -0.25) is 5.84 Å². The Labute approximate surface area is 50.1 Å². The van der Waals surface area contributed by atoms with Gasteiger partial charge in [-0.25, -0.2) is 5.01 Å². The summed E-state index contributed by atoms with van der Waals surface area (Å²) in [5.41, 5.74) is -0.880. The Morgan fingerprint density at radius 3 is 2.00 bits per heavy atom.